The largest absolute Gasteiger partial charge is 0.357 e. The van der Waals surface area contributed by atoms with E-state index >= 15 is 0 Å². The molecule has 1 aromatic carbocycles. The van der Waals surface area contributed by atoms with E-state index in [9.17, 15) is 4.39 Å². The summed E-state index contributed by atoms with van der Waals surface area (Å²) in [6.45, 7) is 4.53. The van der Waals surface area contributed by atoms with Crippen LogP contribution in [0.1, 0.15) is 19.3 Å². The molecule has 104 valence electrons. The van der Waals surface area contributed by atoms with Crippen molar-refractivity contribution >= 4 is 23.0 Å². The molecule has 1 fully saturated rings. The second-order valence-electron chi connectivity index (χ2n) is 4.95. The number of hydrogen-bond donors (Lipinski definition) is 3. The lowest BCUT2D eigenvalue weighted by Crippen LogP contribution is -3.13. The zero-order valence-electron chi connectivity index (χ0n) is 11.0. The van der Waals surface area contributed by atoms with E-state index in [1.54, 1.807) is 17.0 Å². The van der Waals surface area contributed by atoms with Crippen LogP contribution in [0.25, 0.3) is 0 Å². The number of likely N-dealkylation sites (tertiary alicyclic amines) is 1. The SMILES string of the molecule is Fc1ccc(NC(=S)NCC[NH+]2CCCCC2)cc1. The van der Waals surface area contributed by atoms with Crippen molar-refractivity contribution < 1.29 is 9.29 Å². The lowest BCUT2D eigenvalue weighted by atomic mass is 10.1. The Morgan fingerprint density at radius 3 is 2.53 bits per heavy atom. The van der Waals surface area contributed by atoms with Crippen LogP contribution in [-0.4, -0.2) is 31.3 Å². The Kier molecular flexibility index (Phi) is 5.54. The molecule has 0 unspecified atom stereocenters. The predicted octanol–water partition coefficient (Wildman–Crippen LogP) is 1.18. The maximum atomic E-state index is 12.8. The molecule has 0 bridgehead atoms. The quantitative estimate of drug-likeness (QED) is 0.724. The van der Waals surface area contributed by atoms with Crippen molar-refractivity contribution in [2.75, 3.05) is 31.5 Å². The topological polar surface area (TPSA) is 28.5 Å². The summed E-state index contributed by atoms with van der Waals surface area (Å²) in [6, 6.07) is 6.20. The average Bonchev–Trinajstić information content (AvgIpc) is 2.43. The molecule has 0 saturated carbocycles. The summed E-state index contributed by atoms with van der Waals surface area (Å²) in [5.41, 5.74) is 0.809. The van der Waals surface area contributed by atoms with Gasteiger partial charge >= 0.3 is 0 Å². The number of halogens is 1. The Labute approximate surface area is 119 Å². The second kappa shape index (κ2) is 7.40. The van der Waals surface area contributed by atoms with Gasteiger partial charge in [-0.3, -0.25) is 0 Å². The van der Waals surface area contributed by atoms with E-state index in [4.69, 9.17) is 12.2 Å². The molecule has 19 heavy (non-hydrogen) atoms. The molecule has 0 amide bonds. The molecule has 0 spiro atoms. The van der Waals surface area contributed by atoms with Crippen molar-refractivity contribution in [3.05, 3.63) is 30.1 Å². The normalized spacial score (nSPS) is 16.1. The third kappa shape index (κ3) is 5.12. The molecular formula is C14H21FN3S+. The summed E-state index contributed by atoms with van der Waals surface area (Å²) in [5, 5.41) is 6.85. The predicted molar refractivity (Wildman–Crippen MR) is 80.0 cm³/mol. The Balaban J connectivity index is 1.65. The van der Waals surface area contributed by atoms with Crippen LogP contribution in [0, 0.1) is 5.82 Å². The molecule has 1 heterocycles. The highest BCUT2D eigenvalue weighted by Gasteiger charge is 2.12. The summed E-state index contributed by atoms with van der Waals surface area (Å²) >= 11 is 5.21. The van der Waals surface area contributed by atoms with E-state index in [0.717, 1.165) is 18.8 Å². The van der Waals surface area contributed by atoms with Crippen LogP contribution in [-0.2, 0) is 0 Å². The van der Waals surface area contributed by atoms with Crippen molar-refractivity contribution in [2.45, 2.75) is 19.3 Å². The first kappa shape index (κ1) is 14.2. The van der Waals surface area contributed by atoms with Crippen LogP contribution in [0.2, 0.25) is 0 Å². The number of rotatable bonds is 4. The third-order valence-electron chi connectivity index (χ3n) is 3.43. The molecule has 3 N–H and O–H groups in total. The smallest absolute Gasteiger partial charge is 0.170 e. The van der Waals surface area contributed by atoms with Crippen molar-refractivity contribution in [3.8, 4) is 0 Å². The van der Waals surface area contributed by atoms with E-state index < -0.39 is 0 Å². The van der Waals surface area contributed by atoms with Crippen LogP contribution in [0.15, 0.2) is 24.3 Å². The molecule has 1 aliphatic rings. The van der Waals surface area contributed by atoms with Crippen molar-refractivity contribution in [3.63, 3.8) is 0 Å². The molecule has 1 aromatic rings. The number of hydrogen-bond acceptors (Lipinski definition) is 1. The van der Waals surface area contributed by atoms with Crippen LogP contribution >= 0.6 is 12.2 Å². The lowest BCUT2D eigenvalue weighted by molar-refractivity contribution is -0.903. The molecular weight excluding hydrogens is 261 g/mol. The molecule has 0 radical (unpaired) electrons. The third-order valence-corrected chi connectivity index (χ3v) is 3.67. The highest BCUT2D eigenvalue weighted by Crippen LogP contribution is 2.07. The number of piperidine rings is 1. The van der Waals surface area contributed by atoms with Gasteiger partial charge in [0, 0.05) is 5.69 Å². The van der Waals surface area contributed by atoms with Crippen LogP contribution in [0.5, 0.6) is 0 Å². The lowest BCUT2D eigenvalue weighted by Gasteiger charge is -2.23. The summed E-state index contributed by atoms with van der Waals surface area (Å²) in [5.74, 6) is -0.238. The maximum absolute atomic E-state index is 12.8. The van der Waals surface area contributed by atoms with Gasteiger partial charge in [0.25, 0.3) is 0 Å². The fraction of sp³-hybridized carbons (Fsp3) is 0.500. The second-order valence-corrected chi connectivity index (χ2v) is 5.36. The van der Waals surface area contributed by atoms with Gasteiger partial charge in [0.15, 0.2) is 5.11 Å². The monoisotopic (exact) mass is 282 g/mol. The van der Waals surface area contributed by atoms with E-state index in [2.05, 4.69) is 10.6 Å². The van der Waals surface area contributed by atoms with E-state index in [-0.39, 0.29) is 5.82 Å². The van der Waals surface area contributed by atoms with Gasteiger partial charge in [0.1, 0.15) is 5.82 Å². The van der Waals surface area contributed by atoms with E-state index in [1.165, 1.54) is 44.5 Å². The fourth-order valence-electron chi connectivity index (χ4n) is 2.36. The van der Waals surface area contributed by atoms with Crippen molar-refractivity contribution in [2.24, 2.45) is 0 Å². The molecule has 0 aliphatic carbocycles. The zero-order valence-corrected chi connectivity index (χ0v) is 11.9. The minimum Gasteiger partial charge on any atom is -0.357 e. The molecule has 1 saturated heterocycles. The Morgan fingerprint density at radius 2 is 1.84 bits per heavy atom. The minimum atomic E-state index is -0.238. The van der Waals surface area contributed by atoms with Crippen LogP contribution in [0.4, 0.5) is 10.1 Å². The number of benzene rings is 1. The maximum Gasteiger partial charge on any atom is 0.170 e. The van der Waals surface area contributed by atoms with Crippen molar-refractivity contribution in [1.29, 1.82) is 0 Å². The Bertz CT molecular complexity index is 402. The number of quaternary nitrogens is 1. The zero-order chi connectivity index (χ0) is 13.5. The number of thiocarbonyl (C=S) groups is 1. The molecule has 1 aliphatic heterocycles. The standard InChI is InChI=1S/C14H20FN3S/c15-12-4-6-13(7-5-12)17-14(19)16-8-11-18-9-2-1-3-10-18/h4-7H,1-3,8-11H2,(H2,16,17,19)/p+1. The van der Waals surface area contributed by atoms with Gasteiger partial charge in [0.2, 0.25) is 0 Å². The van der Waals surface area contributed by atoms with Crippen molar-refractivity contribution in [1.82, 2.24) is 5.32 Å². The van der Waals surface area contributed by atoms with Gasteiger partial charge in [-0.2, -0.15) is 0 Å². The first-order valence-corrected chi connectivity index (χ1v) is 7.29. The summed E-state index contributed by atoms with van der Waals surface area (Å²) in [4.78, 5) is 1.66. The first-order chi connectivity index (χ1) is 9.24. The van der Waals surface area contributed by atoms with Gasteiger partial charge in [0.05, 0.1) is 26.2 Å². The Morgan fingerprint density at radius 1 is 1.16 bits per heavy atom. The van der Waals surface area contributed by atoms with Gasteiger partial charge in [-0.1, -0.05) is 0 Å². The molecule has 2 rings (SSSR count). The molecule has 3 nitrogen and oxygen atoms in total. The number of anilines is 1. The summed E-state index contributed by atoms with van der Waals surface area (Å²) in [7, 11) is 0. The summed E-state index contributed by atoms with van der Waals surface area (Å²) < 4.78 is 12.8. The molecule has 0 atom stereocenters. The fourth-order valence-corrected chi connectivity index (χ4v) is 2.58. The number of nitrogens with one attached hydrogen (secondary N) is 3. The van der Waals surface area contributed by atoms with Gasteiger partial charge in [-0.05, 0) is 55.7 Å². The highest BCUT2D eigenvalue weighted by atomic mass is 32.1. The van der Waals surface area contributed by atoms with E-state index in [0.29, 0.717) is 5.11 Å². The van der Waals surface area contributed by atoms with Gasteiger partial charge in [-0.25, -0.2) is 4.39 Å². The Hall–Kier alpha value is -1.20. The first-order valence-electron chi connectivity index (χ1n) is 6.88. The summed E-state index contributed by atoms with van der Waals surface area (Å²) in [6.07, 6.45) is 4.06. The molecule has 5 heteroatoms. The highest BCUT2D eigenvalue weighted by molar-refractivity contribution is 7.80. The average molecular weight is 282 g/mol. The minimum absolute atomic E-state index is 0.238. The van der Waals surface area contributed by atoms with Gasteiger partial charge < -0.3 is 15.5 Å². The van der Waals surface area contributed by atoms with Gasteiger partial charge in [-0.15, -0.1) is 0 Å². The van der Waals surface area contributed by atoms with E-state index in [1.807, 2.05) is 0 Å². The van der Waals surface area contributed by atoms with Crippen LogP contribution in [0.3, 0.4) is 0 Å². The molecule has 0 aromatic heterocycles. The van der Waals surface area contributed by atoms with Crippen LogP contribution < -0.4 is 15.5 Å².